The van der Waals surface area contributed by atoms with Crippen LogP contribution >= 0.6 is 15.9 Å². The Kier molecular flexibility index (Phi) is 8.80. The van der Waals surface area contributed by atoms with Gasteiger partial charge in [0.1, 0.15) is 18.1 Å². The average Bonchev–Trinajstić information content (AvgIpc) is 3.16. The summed E-state index contributed by atoms with van der Waals surface area (Å²) in [6.45, 7) is 1.84. The highest BCUT2D eigenvalue weighted by atomic mass is 79.9. The molecular formula is C28H25BrFN5O5. The molecule has 0 atom stereocenters. The number of amides is 2. The van der Waals surface area contributed by atoms with Crippen LogP contribution in [0.25, 0.3) is 5.69 Å². The first-order valence-corrected chi connectivity index (χ1v) is 12.7. The number of hydrogen-bond donors (Lipinski definition) is 2. The monoisotopic (exact) mass is 609 g/mol. The van der Waals surface area contributed by atoms with E-state index < -0.39 is 17.4 Å². The molecule has 4 rings (SSSR count). The summed E-state index contributed by atoms with van der Waals surface area (Å²) in [5, 5.41) is 6.22. The van der Waals surface area contributed by atoms with Crippen molar-refractivity contribution in [1.29, 1.82) is 0 Å². The quantitative estimate of drug-likeness (QED) is 0.177. The van der Waals surface area contributed by atoms with E-state index >= 15 is 0 Å². The molecule has 1 aromatic heterocycles. The number of halogens is 2. The van der Waals surface area contributed by atoms with E-state index in [1.54, 1.807) is 67.2 Å². The number of carbonyl (C=O) groups is 2. The van der Waals surface area contributed by atoms with Gasteiger partial charge in [0.05, 0.1) is 29.2 Å². The van der Waals surface area contributed by atoms with Gasteiger partial charge in [0.15, 0.2) is 11.5 Å². The second-order valence-electron chi connectivity index (χ2n) is 8.54. The van der Waals surface area contributed by atoms with Crippen molar-refractivity contribution in [2.24, 2.45) is 12.1 Å². The standard InChI is InChI=1S/C28H25BrFN5O5/c1-17-24(28(38)35(34(17)2)21-7-5-4-6-8-21)32-26(36)27(37)33-31-15-19-13-22(29)25(23(14-19)39-3)40-16-18-9-11-20(30)12-10-18/h4-15H,16H2,1-3H3,(H,32,36)(H,33,37). The van der Waals surface area contributed by atoms with E-state index in [0.29, 0.717) is 32.9 Å². The number of carbonyl (C=O) groups excluding carboxylic acids is 2. The fourth-order valence-corrected chi connectivity index (χ4v) is 4.36. The van der Waals surface area contributed by atoms with E-state index in [9.17, 15) is 18.8 Å². The lowest BCUT2D eigenvalue weighted by molar-refractivity contribution is -0.136. The number of ether oxygens (including phenoxy) is 2. The summed E-state index contributed by atoms with van der Waals surface area (Å²) in [6, 6.07) is 18.1. The van der Waals surface area contributed by atoms with Crippen molar-refractivity contribution in [1.82, 2.24) is 14.8 Å². The molecule has 0 spiro atoms. The molecule has 2 N–H and O–H groups in total. The number of anilines is 1. The summed E-state index contributed by atoms with van der Waals surface area (Å²) in [6.07, 6.45) is 1.32. The largest absolute Gasteiger partial charge is 0.493 e. The second kappa shape index (κ2) is 12.4. The van der Waals surface area contributed by atoms with Crippen LogP contribution in [0.4, 0.5) is 10.1 Å². The normalized spacial score (nSPS) is 10.9. The number of hydrogen-bond acceptors (Lipinski definition) is 6. The number of nitrogens with one attached hydrogen (secondary N) is 2. The van der Waals surface area contributed by atoms with E-state index in [-0.39, 0.29) is 18.1 Å². The van der Waals surface area contributed by atoms with Crippen molar-refractivity contribution in [3.05, 3.63) is 104 Å². The predicted octanol–water partition coefficient (Wildman–Crippen LogP) is 4.06. The van der Waals surface area contributed by atoms with E-state index in [4.69, 9.17) is 9.47 Å². The first-order chi connectivity index (χ1) is 19.2. The zero-order chi connectivity index (χ0) is 28.8. The Morgan fingerprint density at radius 2 is 1.77 bits per heavy atom. The lowest BCUT2D eigenvalue weighted by atomic mass is 10.2. The Bertz CT molecular complexity index is 1630. The number of rotatable bonds is 8. The third-order valence-corrected chi connectivity index (χ3v) is 6.52. The molecule has 206 valence electrons. The fraction of sp³-hybridized carbons (Fsp3) is 0.143. The third kappa shape index (κ3) is 6.29. The number of methoxy groups -OCH3 is 1. The summed E-state index contributed by atoms with van der Waals surface area (Å²) in [5.74, 6) is -1.64. The Morgan fingerprint density at radius 1 is 1.07 bits per heavy atom. The van der Waals surface area contributed by atoms with Gasteiger partial charge < -0.3 is 14.8 Å². The minimum Gasteiger partial charge on any atom is -0.493 e. The van der Waals surface area contributed by atoms with Crippen LogP contribution in [0.1, 0.15) is 16.8 Å². The summed E-state index contributed by atoms with van der Waals surface area (Å²) >= 11 is 3.43. The van der Waals surface area contributed by atoms with Gasteiger partial charge in [-0.3, -0.25) is 19.1 Å². The maximum Gasteiger partial charge on any atom is 0.329 e. The van der Waals surface area contributed by atoms with Gasteiger partial charge in [-0.2, -0.15) is 5.10 Å². The molecule has 1 heterocycles. The van der Waals surface area contributed by atoms with Gasteiger partial charge >= 0.3 is 11.8 Å². The summed E-state index contributed by atoms with van der Waals surface area (Å²) in [5.41, 5.74) is 4.04. The van der Waals surface area contributed by atoms with Gasteiger partial charge in [-0.1, -0.05) is 30.3 Å². The van der Waals surface area contributed by atoms with Gasteiger partial charge in [-0.15, -0.1) is 0 Å². The molecule has 0 aliphatic heterocycles. The topological polar surface area (TPSA) is 116 Å². The van der Waals surface area contributed by atoms with Crippen molar-refractivity contribution in [3.8, 4) is 17.2 Å². The van der Waals surface area contributed by atoms with Gasteiger partial charge in [0, 0.05) is 7.05 Å². The minimum atomic E-state index is -1.06. The number of aromatic nitrogens is 2. The number of nitrogens with zero attached hydrogens (tertiary/aromatic N) is 3. The number of hydrazone groups is 1. The highest BCUT2D eigenvalue weighted by Gasteiger charge is 2.21. The zero-order valence-corrected chi connectivity index (χ0v) is 23.4. The summed E-state index contributed by atoms with van der Waals surface area (Å²) in [7, 11) is 3.15. The predicted molar refractivity (Wildman–Crippen MR) is 152 cm³/mol. The van der Waals surface area contributed by atoms with Crippen LogP contribution in [0.2, 0.25) is 0 Å². The van der Waals surface area contributed by atoms with Crippen LogP contribution in [0.3, 0.4) is 0 Å². The van der Waals surface area contributed by atoms with Crippen molar-refractivity contribution in [2.45, 2.75) is 13.5 Å². The van der Waals surface area contributed by atoms with Crippen molar-refractivity contribution in [2.75, 3.05) is 12.4 Å². The van der Waals surface area contributed by atoms with Crippen LogP contribution in [-0.4, -0.2) is 34.5 Å². The SMILES string of the molecule is COc1cc(C=NNC(=O)C(=O)Nc2c(C)n(C)n(-c3ccccc3)c2=O)cc(Br)c1OCc1ccc(F)cc1. The lowest BCUT2D eigenvalue weighted by Crippen LogP contribution is -2.34. The number of benzene rings is 3. The molecule has 40 heavy (non-hydrogen) atoms. The average molecular weight is 610 g/mol. The fourth-order valence-electron chi connectivity index (χ4n) is 3.79. The summed E-state index contributed by atoms with van der Waals surface area (Å²) < 4.78 is 27.9. The van der Waals surface area contributed by atoms with Gasteiger partial charge in [0.25, 0.3) is 5.56 Å². The highest BCUT2D eigenvalue weighted by Crippen LogP contribution is 2.36. The summed E-state index contributed by atoms with van der Waals surface area (Å²) in [4.78, 5) is 37.8. The van der Waals surface area contributed by atoms with Gasteiger partial charge in [0.2, 0.25) is 0 Å². The Hall–Kier alpha value is -4.71. The van der Waals surface area contributed by atoms with Crippen molar-refractivity contribution in [3.63, 3.8) is 0 Å². The van der Waals surface area contributed by atoms with E-state index in [0.717, 1.165) is 5.56 Å². The van der Waals surface area contributed by atoms with Crippen LogP contribution in [-0.2, 0) is 23.2 Å². The van der Waals surface area contributed by atoms with Crippen LogP contribution < -0.4 is 25.8 Å². The molecule has 12 heteroatoms. The first-order valence-electron chi connectivity index (χ1n) is 11.9. The van der Waals surface area contributed by atoms with Crippen LogP contribution in [0.15, 0.2) is 81.1 Å². The molecule has 4 aromatic rings. The molecule has 0 saturated carbocycles. The van der Waals surface area contributed by atoms with E-state index in [1.807, 2.05) is 6.07 Å². The Labute approximate surface area is 237 Å². The molecule has 0 aliphatic rings. The molecule has 2 amide bonds. The molecule has 0 fully saturated rings. The minimum absolute atomic E-state index is 0.0135. The molecule has 0 bridgehead atoms. The van der Waals surface area contributed by atoms with Gasteiger partial charge in [-0.25, -0.2) is 14.5 Å². The Balaban J connectivity index is 1.41. The number of para-hydroxylation sites is 1. The molecule has 0 unspecified atom stereocenters. The molecule has 0 radical (unpaired) electrons. The smallest absolute Gasteiger partial charge is 0.329 e. The maximum atomic E-state index is 13.1. The highest BCUT2D eigenvalue weighted by molar-refractivity contribution is 9.10. The van der Waals surface area contributed by atoms with E-state index in [2.05, 4.69) is 31.8 Å². The first kappa shape index (κ1) is 28.3. The van der Waals surface area contributed by atoms with E-state index in [1.165, 1.54) is 30.1 Å². The molecule has 3 aromatic carbocycles. The zero-order valence-electron chi connectivity index (χ0n) is 21.8. The van der Waals surface area contributed by atoms with Crippen LogP contribution in [0, 0.1) is 12.7 Å². The second-order valence-corrected chi connectivity index (χ2v) is 9.39. The van der Waals surface area contributed by atoms with Crippen molar-refractivity contribution >= 4 is 39.6 Å². The van der Waals surface area contributed by atoms with Gasteiger partial charge in [-0.05, 0) is 70.4 Å². The molecule has 0 saturated heterocycles. The van der Waals surface area contributed by atoms with Crippen molar-refractivity contribution < 1.29 is 23.5 Å². The lowest BCUT2D eigenvalue weighted by Gasteiger charge is -2.13. The molecule has 10 nitrogen and oxygen atoms in total. The van der Waals surface area contributed by atoms with Crippen LogP contribution in [0.5, 0.6) is 11.5 Å². The Morgan fingerprint density at radius 3 is 2.45 bits per heavy atom. The molecular weight excluding hydrogens is 585 g/mol. The molecule has 0 aliphatic carbocycles. The maximum absolute atomic E-state index is 13.1. The third-order valence-electron chi connectivity index (χ3n) is 5.93.